The molecule has 1 saturated heterocycles. The summed E-state index contributed by atoms with van der Waals surface area (Å²) in [6, 6.07) is 0. The second kappa shape index (κ2) is 17.2. The average Bonchev–Trinajstić information content (AvgIpc) is 2.78. The first-order chi connectivity index (χ1) is 15.4. The van der Waals surface area contributed by atoms with Gasteiger partial charge in [0.05, 0.1) is 25.9 Å². The standard InChI is InChI=1S/C23H43NO8/c1-3-4-14-31-23(29)24-13-9-7-5-6-8-11-18(26)12-10-15-30-22-17(2)20(27)21(28)19(16-25)32-22/h17,19-22,25,27-28H,3-16H2,1-2H3,(H,24,29). The van der Waals surface area contributed by atoms with E-state index in [0.29, 0.717) is 39.0 Å². The molecule has 0 aromatic carbocycles. The number of aliphatic hydroxyl groups excluding tert-OH is 3. The molecule has 9 nitrogen and oxygen atoms in total. The summed E-state index contributed by atoms with van der Waals surface area (Å²) in [4.78, 5) is 23.4. The van der Waals surface area contributed by atoms with Gasteiger partial charge in [0.1, 0.15) is 18.0 Å². The first-order valence-corrected chi connectivity index (χ1v) is 12.1. The Morgan fingerprint density at radius 2 is 1.62 bits per heavy atom. The summed E-state index contributed by atoms with van der Waals surface area (Å²) >= 11 is 0. The van der Waals surface area contributed by atoms with Gasteiger partial charge in [-0.25, -0.2) is 4.79 Å². The van der Waals surface area contributed by atoms with E-state index in [1.807, 2.05) is 6.92 Å². The first kappa shape index (κ1) is 28.8. The highest BCUT2D eigenvalue weighted by atomic mass is 16.7. The molecule has 32 heavy (non-hydrogen) atoms. The number of nitrogens with one attached hydrogen (secondary N) is 1. The molecule has 0 aromatic rings. The highest BCUT2D eigenvalue weighted by Crippen LogP contribution is 2.26. The second-order valence-electron chi connectivity index (χ2n) is 8.51. The molecule has 0 aliphatic carbocycles. The summed E-state index contributed by atoms with van der Waals surface area (Å²) in [6.07, 6.45) is 4.11. The van der Waals surface area contributed by atoms with Crippen molar-refractivity contribution in [2.24, 2.45) is 5.92 Å². The maximum Gasteiger partial charge on any atom is 0.407 e. The molecule has 1 fully saturated rings. The molecule has 0 radical (unpaired) electrons. The maximum atomic E-state index is 12.0. The van der Waals surface area contributed by atoms with Gasteiger partial charge in [-0.05, 0) is 25.7 Å². The zero-order valence-corrected chi connectivity index (χ0v) is 19.7. The van der Waals surface area contributed by atoms with E-state index >= 15 is 0 Å². The lowest BCUT2D eigenvalue weighted by Crippen LogP contribution is -2.55. The van der Waals surface area contributed by atoms with Gasteiger partial charge in [-0.2, -0.15) is 0 Å². The van der Waals surface area contributed by atoms with Crippen LogP contribution in [0.25, 0.3) is 0 Å². The summed E-state index contributed by atoms with van der Waals surface area (Å²) in [5, 5.41) is 31.8. The van der Waals surface area contributed by atoms with Gasteiger partial charge >= 0.3 is 6.09 Å². The number of aliphatic hydroxyl groups is 3. The lowest BCUT2D eigenvalue weighted by molar-refractivity contribution is -0.282. The third-order valence-electron chi connectivity index (χ3n) is 5.70. The van der Waals surface area contributed by atoms with Crippen LogP contribution in [0.3, 0.4) is 0 Å². The number of alkyl carbamates (subject to hydrolysis) is 1. The van der Waals surface area contributed by atoms with Crippen molar-refractivity contribution in [3.8, 4) is 0 Å². The van der Waals surface area contributed by atoms with Crippen molar-refractivity contribution in [2.75, 3.05) is 26.4 Å². The molecule has 5 atom stereocenters. The lowest BCUT2D eigenvalue weighted by Gasteiger charge is -2.40. The Morgan fingerprint density at radius 1 is 0.938 bits per heavy atom. The van der Waals surface area contributed by atoms with Crippen molar-refractivity contribution in [3.05, 3.63) is 0 Å². The van der Waals surface area contributed by atoms with Gasteiger partial charge in [0.25, 0.3) is 0 Å². The van der Waals surface area contributed by atoms with E-state index in [-0.39, 0.29) is 11.9 Å². The number of carbonyl (C=O) groups excluding carboxylic acids is 2. The van der Waals surface area contributed by atoms with Crippen molar-refractivity contribution < 1.29 is 39.1 Å². The van der Waals surface area contributed by atoms with Crippen molar-refractivity contribution in [1.29, 1.82) is 0 Å². The predicted octanol–water partition coefficient (Wildman–Crippen LogP) is 2.29. The topological polar surface area (TPSA) is 135 Å². The van der Waals surface area contributed by atoms with E-state index in [2.05, 4.69) is 5.32 Å². The predicted molar refractivity (Wildman–Crippen MR) is 119 cm³/mol. The third-order valence-corrected chi connectivity index (χ3v) is 5.70. The van der Waals surface area contributed by atoms with Crippen LogP contribution in [0.4, 0.5) is 4.79 Å². The normalized spacial score (nSPS) is 25.5. The number of rotatable bonds is 17. The van der Waals surface area contributed by atoms with Gasteiger partial charge in [-0.3, -0.25) is 4.79 Å². The zero-order chi connectivity index (χ0) is 23.8. The van der Waals surface area contributed by atoms with Crippen LogP contribution in [0.2, 0.25) is 0 Å². The van der Waals surface area contributed by atoms with Gasteiger partial charge in [0.15, 0.2) is 6.29 Å². The Labute approximate surface area is 191 Å². The fourth-order valence-electron chi connectivity index (χ4n) is 3.53. The van der Waals surface area contributed by atoms with E-state index in [1.165, 1.54) is 0 Å². The summed E-state index contributed by atoms with van der Waals surface area (Å²) in [5.41, 5.74) is 0. The molecular formula is C23H43NO8. The number of unbranched alkanes of at least 4 members (excludes halogenated alkanes) is 5. The Kier molecular flexibility index (Phi) is 15.5. The lowest BCUT2D eigenvalue weighted by atomic mass is 9.92. The monoisotopic (exact) mass is 461 g/mol. The molecule has 1 aliphatic heterocycles. The highest BCUT2D eigenvalue weighted by molar-refractivity contribution is 5.78. The highest BCUT2D eigenvalue weighted by Gasteiger charge is 2.42. The zero-order valence-electron chi connectivity index (χ0n) is 19.7. The van der Waals surface area contributed by atoms with Crippen LogP contribution in [-0.2, 0) is 19.0 Å². The first-order valence-electron chi connectivity index (χ1n) is 12.1. The largest absolute Gasteiger partial charge is 0.450 e. The molecule has 1 amide bonds. The molecule has 4 N–H and O–H groups in total. The van der Waals surface area contributed by atoms with E-state index in [4.69, 9.17) is 14.2 Å². The van der Waals surface area contributed by atoms with Crippen LogP contribution >= 0.6 is 0 Å². The molecule has 0 aromatic heterocycles. The van der Waals surface area contributed by atoms with E-state index in [1.54, 1.807) is 6.92 Å². The van der Waals surface area contributed by atoms with Crippen LogP contribution in [0, 0.1) is 5.92 Å². The van der Waals surface area contributed by atoms with Gasteiger partial charge in [0.2, 0.25) is 0 Å². The number of carbonyl (C=O) groups is 2. The maximum absolute atomic E-state index is 12.0. The summed E-state index contributed by atoms with van der Waals surface area (Å²) in [6.45, 7) is 4.76. The van der Waals surface area contributed by atoms with E-state index in [0.717, 1.165) is 44.9 Å². The van der Waals surface area contributed by atoms with Crippen molar-refractivity contribution in [2.45, 2.75) is 103 Å². The smallest absolute Gasteiger partial charge is 0.407 e. The van der Waals surface area contributed by atoms with Crippen LogP contribution in [-0.4, -0.2) is 78.2 Å². The Bertz CT molecular complexity index is 516. The number of hydrogen-bond donors (Lipinski definition) is 4. The molecule has 1 heterocycles. The number of ketones is 1. The molecule has 0 bridgehead atoms. The van der Waals surface area contributed by atoms with Crippen LogP contribution in [0.1, 0.15) is 78.1 Å². The minimum Gasteiger partial charge on any atom is -0.450 e. The fourth-order valence-corrected chi connectivity index (χ4v) is 3.53. The molecule has 188 valence electrons. The van der Waals surface area contributed by atoms with Crippen LogP contribution in [0.5, 0.6) is 0 Å². The van der Waals surface area contributed by atoms with E-state index < -0.39 is 37.1 Å². The molecule has 5 unspecified atom stereocenters. The number of Topliss-reactive ketones (excluding diaryl/α,β-unsaturated/α-hetero) is 1. The molecular weight excluding hydrogens is 418 g/mol. The van der Waals surface area contributed by atoms with Crippen molar-refractivity contribution >= 4 is 11.9 Å². The Balaban J connectivity index is 1.98. The fraction of sp³-hybridized carbons (Fsp3) is 0.913. The molecule has 1 rings (SSSR count). The van der Waals surface area contributed by atoms with Gasteiger partial charge in [0, 0.05) is 25.3 Å². The van der Waals surface area contributed by atoms with Gasteiger partial charge < -0.3 is 34.8 Å². The number of hydrogen-bond acceptors (Lipinski definition) is 8. The molecule has 1 aliphatic rings. The molecule has 9 heteroatoms. The second-order valence-corrected chi connectivity index (χ2v) is 8.51. The van der Waals surface area contributed by atoms with E-state index in [9.17, 15) is 24.9 Å². The van der Waals surface area contributed by atoms with Crippen molar-refractivity contribution in [3.63, 3.8) is 0 Å². The minimum atomic E-state index is -1.14. The van der Waals surface area contributed by atoms with Gasteiger partial charge in [-0.15, -0.1) is 0 Å². The number of amides is 1. The summed E-state index contributed by atoms with van der Waals surface area (Å²) in [5.74, 6) is -0.225. The molecule has 0 saturated carbocycles. The number of ether oxygens (including phenoxy) is 3. The molecule has 0 spiro atoms. The summed E-state index contributed by atoms with van der Waals surface area (Å²) in [7, 11) is 0. The van der Waals surface area contributed by atoms with Crippen LogP contribution in [0.15, 0.2) is 0 Å². The quantitative estimate of drug-likeness (QED) is 0.242. The SMILES string of the molecule is CCCCOC(=O)NCCCCCCCC(=O)CCCOC1OC(CO)C(O)C(O)C1C. The van der Waals surface area contributed by atoms with Crippen molar-refractivity contribution in [1.82, 2.24) is 5.32 Å². The van der Waals surface area contributed by atoms with Crippen LogP contribution < -0.4 is 5.32 Å². The van der Waals surface area contributed by atoms with Gasteiger partial charge in [-0.1, -0.05) is 39.5 Å². The summed E-state index contributed by atoms with van der Waals surface area (Å²) < 4.78 is 16.1. The average molecular weight is 462 g/mol. The Morgan fingerprint density at radius 3 is 2.34 bits per heavy atom. The third kappa shape index (κ3) is 11.6. The minimum absolute atomic E-state index is 0.200. The Hall–Kier alpha value is -1.26.